The highest BCUT2D eigenvalue weighted by atomic mass is 16.7. The Morgan fingerprint density at radius 1 is 1.07 bits per heavy atom. The normalized spacial score (nSPS) is 38.6. The fourth-order valence-corrected chi connectivity index (χ4v) is 6.35. The molecule has 1 unspecified atom stereocenters. The molecule has 3 fully saturated rings. The van der Waals surface area contributed by atoms with Gasteiger partial charge >= 0.3 is 5.97 Å². The molecule has 0 amide bonds. The number of oxazole rings is 1. The Morgan fingerprint density at radius 3 is 2.71 bits per heavy atom. The Kier molecular flexibility index (Phi) is 9.56. The first-order chi connectivity index (χ1) is 19.8. The van der Waals surface area contributed by atoms with Crippen molar-refractivity contribution in [3.63, 3.8) is 0 Å². The number of nitrogens with zero attached hydrogens (tertiary/aromatic N) is 2. The van der Waals surface area contributed by atoms with Gasteiger partial charge < -0.3 is 28.1 Å². The number of fused-ring (bicyclic) bond motifs is 9. The lowest BCUT2D eigenvalue weighted by molar-refractivity contribution is -0.227. The molecule has 0 N–H and O–H groups in total. The first kappa shape index (κ1) is 29.5. The molecule has 0 aromatic carbocycles. The van der Waals surface area contributed by atoms with Crippen molar-refractivity contribution in [3.8, 4) is 6.07 Å². The van der Waals surface area contributed by atoms with E-state index in [-0.39, 0.29) is 42.4 Å². The second-order valence-corrected chi connectivity index (χ2v) is 11.6. The monoisotopic (exact) mass is 564 g/mol. The Labute approximate surface area is 241 Å². The van der Waals surface area contributed by atoms with Crippen LogP contribution in [0.15, 0.2) is 52.7 Å². The van der Waals surface area contributed by atoms with Gasteiger partial charge in [0.25, 0.3) is 0 Å². The van der Waals surface area contributed by atoms with E-state index in [9.17, 15) is 10.1 Å². The van der Waals surface area contributed by atoms with Crippen LogP contribution in [-0.4, -0.2) is 54.2 Å². The summed E-state index contributed by atoms with van der Waals surface area (Å²) in [7, 11) is 0. The maximum Gasteiger partial charge on any atom is 0.330 e. The molecule has 0 spiro atoms. The Bertz CT molecular complexity index is 1230. The van der Waals surface area contributed by atoms with Crippen LogP contribution >= 0.6 is 0 Å². The van der Waals surface area contributed by atoms with Crippen molar-refractivity contribution in [2.24, 2.45) is 11.8 Å². The highest BCUT2D eigenvalue weighted by molar-refractivity contribution is 5.82. The van der Waals surface area contributed by atoms with Crippen LogP contribution in [0.4, 0.5) is 0 Å². The van der Waals surface area contributed by atoms with E-state index in [4.69, 9.17) is 28.1 Å². The summed E-state index contributed by atoms with van der Waals surface area (Å²) in [5, 5.41) is 9.25. The number of carbonyl (C=O) groups excluding carboxylic acids is 1. The maximum atomic E-state index is 13.0. The predicted molar refractivity (Wildman–Crippen MR) is 150 cm³/mol. The van der Waals surface area contributed by atoms with E-state index in [1.165, 1.54) is 12.2 Å². The zero-order chi connectivity index (χ0) is 28.9. The number of carbonyl (C=O) groups is 1. The van der Waals surface area contributed by atoms with E-state index in [0.717, 1.165) is 36.8 Å². The number of allylic oxidation sites excluding steroid dienone is 1. The zero-order valence-electron chi connectivity index (χ0n) is 24.1. The minimum atomic E-state index is -0.595. The van der Waals surface area contributed by atoms with Crippen LogP contribution in [0, 0.1) is 23.2 Å². The van der Waals surface area contributed by atoms with Gasteiger partial charge in [-0.05, 0) is 50.7 Å². The molecule has 1 aromatic rings. The molecule has 220 valence electrons. The van der Waals surface area contributed by atoms with Crippen molar-refractivity contribution >= 4 is 12.0 Å². The summed E-state index contributed by atoms with van der Waals surface area (Å²) in [5.41, 5.74) is 2.54. The summed E-state index contributed by atoms with van der Waals surface area (Å²) >= 11 is 0. The highest BCUT2D eigenvalue weighted by Gasteiger charge is 2.43. The summed E-state index contributed by atoms with van der Waals surface area (Å²) < 4.78 is 36.7. The van der Waals surface area contributed by atoms with Gasteiger partial charge in [-0.15, -0.1) is 0 Å². The molecule has 3 saturated heterocycles. The topological polar surface area (TPSA) is 113 Å². The number of rotatable bonds is 1. The van der Waals surface area contributed by atoms with E-state index in [2.05, 4.69) is 17.6 Å². The minimum Gasteiger partial charge on any atom is -0.458 e. The minimum absolute atomic E-state index is 0.0160. The molecule has 41 heavy (non-hydrogen) atoms. The van der Waals surface area contributed by atoms with Crippen LogP contribution in [0.1, 0.15) is 77.2 Å². The lowest BCUT2D eigenvalue weighted by Gasteiger charge is -2.44. The van der Waals surface area contributed by atoms with E-state index >= 15 is 0 Å². The van der Waals surface area contributed by atoms with Crippen LogP contribution < -0.4 is 0 Å². The molecule has 9 nitrogen and oxygen atoms in total. The van der Waals surface area contributed by atoms with E-state index in [1.54, 1.807) is 12.3 Å². The average molecular weight is 565 g/mol. The summed E-state index contributed by atoms with van der Waals surface area (Å²) in [5.74, 6) is -0.166. The van der Waals surface area contributed by atoms with E-state index in [1.807, 2.05) is 32.9 Å². The van der Waals surface area contributed by atoms with Gasteiger partial charge in [0.1, 0.15) is 18.1 Å². The first-order valence-electron chi connectivity index (χ1n) is 14.6. The fourth-order valence-electron chi connectivity index (χ4n) is 6.35. The Hall–Kier alpha value is -3.03. The van der Waals surface area contributed by atoms with Gasteiger partial charge in [-0.2, -0.15) is 5.26 Å². The van der Waals surface area contributed by atoms with Gasteiger partial charge in [-0.25, -0.2) is 9.78 Å². The van der Waals surface area contributed by atoms with Crippen molar-refractivity contribution < 1.29 is 32.9 Å². The second kappa shape index (κ2) is 13.3. The van der Waals surface area contributed by atoms with Gasteiger partial charge in [-0.3, -0.25) is 0 Å². The smallest absolute Gasteiger partial charge is 0.330 e. The molecule has 4 aliphatic heterocycles. The van der Waals surface area contributed by atoms with Crippen molar-refractivity contribution in [2.45, 2.75) is 102 Å². The average Bonchev–Trinajstić information content (AvgIpc) is 3.41. The van der Waals surface area contributed by atoms with Crippen molar-refractivity contribution in [2.75, 3.05) is 6.61 Å². The van der Waals surface area contributed by atoms with E-state index < -0.39 is 18.4 Å². The van der Waals surface area contributed by atoms with Gasteiger partial charge in [0.15, 0.2) is 0 Å². The second-order valence-electron chi connectivity index (χ2n) is 11.6. The molecule has 0 saturated carbocycles. The zero-order valence-corrected chi connectivity index (χ0v) is 24.1. The molecule has 0 radical (unpaired) electrons. The lowest BCUT2D eigenvalue weighted by Crippen LogP contribution is -2.50. The Morgan fingerprint density at radius 2 is 1.88 bits per heavy atom. The number of hydrogen-bond donors (Lipinski definition) is 0. The number of hydrogen-bond acceptors (Lipinski definition) is 9. The van der Waals surface area contributed by atoms with Gasteiger partial charge in [0.2, 0.25) is 12.2 Å². The van der Waals surface area contributed by atoms with Gasteiger partial charge in [0, 0.05) is 30.4 Å². The number of nitriles is 1. The van der Waals surface area contributed by atoms with Crippen LogP contribution in [0.5, 0.6) is 0 Å². The summed E-state index contributed by atoms with van der Waals surface area (Å²) in [4.78, 5) is 17.6. The molecule has 9 atom stereocenters. The molecule has 5 rings (SSSR count). The first-order valence-corrected chi connectivity index (χ1v) is 14.6. The molecule has 1 aromatic heterocycles. The lowest BCUT2D eigenvalue weighted by atomic mass is 9.79. The van der Waals surface area contributed by atoms with Crippen molar-refractivity contribution in [3.05, 3.63) is 59.9 Å². The van der Waals surface area contributed by atoms with Gasteiger partial charge in [-0.1, -0.05) is 38.2 Å². The number of esters is 1. The molecular weight excluding hydrogens is 524 g/mol. The fraction of sp³-hybridized carbons (Fsp3) is 0.594. The third-order valence-corrected chi connectivity index (χ3v) is 8.45. The third-order valence-electron chi connectivity index (χ3n) is 8.45. The Balaban J connectivity index is 1.41. The largest absolute Gasteiger partial charge is 0.458 e. The third kappa shape index (κ3) is 7.25. The molecule has 9 heteroatoms. The predicted octanol–water partition coefficient (Wildman–Crippen LogP) is 5.76. The molecule has 5 heterocycles. The molecule has 4 aliphatic rings. The van der Waals surface area contributed by atoms with Crippen LogP contribution in [0.25, 0.3) is 6.08 Å². The highest BCUT2D eigenvalue weighted by Crippen LogP contribution is 2.37. The van der Waals surface area contributed by atoms with Crippen LogP contribution in [0.2, 0.25) is 0 Å². The van der Waals surface area contributed by atoms with Gasteiger partial charge in [0.05, 0.1) is 43.2 Å². The molecule has 0 aliphatic carbocycles. The number of aromatic nitrogens is 1. The summed E-state index contributed by atoms with van der Waals surface area (Å²) in [6.07, 6.45) is 12.6. The number of ether oxygens (including phenoxy) is 5. The molecular formula is C32H40N2O7. The maximum absolute atomic E-state index is 13.0. The molecule has 8 bridgehead atoms. The standard InChI is InChI=1S/C32H40N2O7/c1-19-15-23-7-5-10-29(35)41-31-21(3)27(40-30(22(31)4)20(2)11-13-33)8-6-9-28-34-26(18-37-28)32-36-14-12-24(39-32)17-25(16-19)38-23/h5-6,9-11,18,21-25,27,30-32H,1,7-8,12,14-17H2,2-4H3/b9-6+,10-5-,20-11+/t21-,22-,23-,24-,25+,27+,30-,31?,32-/m0/s1. The SMILES string of the molecule is C=C1C[C@@H]2C[C@@H]3CCO[C@@H](O3)c3coc(n3)/C=C/C[C@H]3O[C@@H](/C(C)=C/C#N)[C@H](C)C(OC(=O)/C=C\C[C@@H](C1)O2)[C@H]3C. The summed E-state index contributed by atoms with van der Waals surface area (Å²) in [6, 6.07) is 2.10. The van der Waals surface area contributed by atoms with Crippen molar-refractivity contribution in [1.29, 1.82) is 5.26 Å². The quantitative estimate of drug-likeness (QED) is 0.239. The summed E-state index contributed by atoms with van der Waals surface area (Å²) in [6.45, 7) is 10.7. The van der Waals surface area contributed by atoms with Crippen LogP contribution in [-0.2, 0) is 28.5 Å². The van der Waals surface area contributed by atoms with E-state index in [0.29, 0.717) is 31.0 Å². The van der Waals surface area contributed by atoms with Crippen molar-refractivity contribution in [1.82, 2.24) is 4.98 Å². The van der Waals surface area contributed by atoms with Crippen LogP contribution in [0.3, 0.4) is 0 Å².